The van der Waals surface area contributed by atoms with E-state index < -0.39 is 0 Å². The van der Waals surface area contributed by atoms with Crippen molar-refractivity contribution < 1.29 is 14.3 Å². The van der Waals surface area contributed by atoms with Crippen molar-refractivity contribution in [2.45, 2.75) is 17.5 Å². The van der Waals surface area contributed by atoms with Gasteiger partial charge in [0.2, 0.25) is 6.79 Å². The van der Waals surface area contributed by atoms with Crippen LogP contribution >= 0.6 is 23.4 Å². The molecular weight excluding hydrogens is 596 g/mol. The quantitative estimate of drug-likeness (QED) is 0.160. The van der Waals surface area contributed by atoms with Crippen LogP contribution in [0.4, 0.5) is 5.69 Å². The molecule has 222 valence electrons. The largest absolute Gasteiger partial charge is 0.454 e. The van der Waals surface area contributed by atoms with Gasteiger partial charge in [0.1, 0.15) is 0 Å². The molecule has 2 aliphatic heterocycles. The molecule has 0 aliphatic carbocycles. The Morgan fingerprint density at radius 2 is 1.57 bits per heavy atom. The monoisotopic (exact) mass is 624 g/mol. The summed E-state index contributed by atoms with van der Waals surface area (Å²) in [6.45, 7) is 3.32. The Hall–Kier alpha value is -4.47. The molecule has 0 unspecified atom stereocenters. The SMILES string of the molecule is O=C(c1ccc(Cn2c(SCc3ccccc3Cl)nc3cc4c(cc3c2=O)OCO4)cc1)N1CCN(c2ccccc2)CC1. The van der Waals surface area contributed by atoms with Crippen molar-refractivity contribution in [3.8, 4) is 11.5 Å². The molecule has 0 radical (unpaired) electrons. The van der Waals surface area contributed by atoms with E-state index in [1.807, 2.05) is 71.6 Å². The van der Waals surface area contributed by atoms with Crippen LogP contribution in [0.1, 0.15) is 21.5 Å². The second kappa shape index (κ2) is 12.3. The van der Waals surface area contributed by atoms with E-state index in [2.05, 4.69) is 17.0 Å². The molecule has 4 aromatic carbocycles. The van der Waals surface area contributed by atoms with E-state index >= 15 is 0 Å². The average molecular weight is 625 g/mol. The van der Waals surface area contributed by atoms with Crippen LogP contribution in [-0.2, 0) is 12.3 Å². The maximum atomic E-state index is 13.9. The minimum absolute atomic E-state index is 0.0147. The average Bonchev–Trinajstić information content (AvgIpc) is 3.53. The number of benzene rings is 4. The van der Waals surface area contributed by atoms with E-state index in [1.165, 1.54) is 17.4 Å². The van der Waals surface area contributed by atoms with Crippen molar-refractivity contribution in [2.75, 3.05) is 37.9 Å². The normalized spacial score (nSPS) is 14.3. The Kier molecular flexibility index (Phi) is 7.89. The summed E-state index contributed by atoms with van der Waals surface area (Å²) in [5, 5.41) is 1.69. The van der Waals surface area contributed by atoms with Gasteiger partial charge in [-0.1, -0.05) is 71.9 Å². The predicted molar refractivity (Wildman–Crippen MR) is 173 cm³/mol. The fraction of sp³-hybridized carbons (Fsp3) is 0.206. The summed E-state index contributed by atoms with van der Waals surface area (Å²) in [5.74, 6) is 1.67. The summed E-state index contributed by atoms with van der Waals surface area (Å²) >= 11 is 7.87. The molecule has 0 bridgehead atoms. The number of nitrogens with zero attached hydrogens (tertiary/aromatic N) is 4. The van der Waals surface area contributed by atoms with Crippen LogP contribution in [0.15, 0.2) is 101 Å². The first-order chi connectivity index (χ1) is 21.5. The van der Waals surface area contributed by atoms with Gasteiger partial charge in [0.25, 0.3) is 11.5 Å². The van der Waals surface area contributed by atoms with Crippen molar-refractivity contribution >= 4 is 45.9 Å². The van der Waals surface area contributed by atoms with Gasteiger partial charge in [-0.3, -0.25) is 14.2 Å². The number of aromatic nitrogens is 2. The van der Waals surface area contributed by atoms with E-state index in [0.717, 1.165) is 24.2 Å². The third kappa shape index (κ3) is 5.73. The van der Waals surface area contributed by atoms with Gasteiger partial charge in [-0.2, -0.15) is 0 Å². The number of hydrogen-bond donors (Lipinski definition) is 0. The number of thioether (sulfide) groups is 1. The summed E-state index contributed by atoms with van der Waals surface area (Å²) in [7, 11) is 0. The van der Waals surface area contributed by atoms with Gasteiger partial charge in [0, 0.05) is 54.3 Å². The minimum atomic E-state index is -0.175. The molecule has 1 aromatic heterocycles. The molecule has 0 N–H and O–H groups in total. The lowest BCUT2D eigenvalue weighted by Crippen LogP contribution is -2.48. The van der Waals surface area contributed by atoms with Crippen molar-refractivity contribution in [1.82, 2.24) is 14.5 Å². The molecular formula is C34H29ClN4O4S. The fourth-order valence-corrected chi connectivity index (χ4v) is 6.81. The highest BCUT2D eigenvalue weighted by Gasteiger charge is 2.23. The van der Waals surface area contributed by atoms with Gasteiger partial charge in [-0.15, -0.1) is 0 Å². The first kappa shape index (κ1) is 28.3. The van der Waals surface area contributed by atoms with Gasteiger partial charge in [0.05, 0.1) is 17.4 Å². The highest BCUT2D eigenvalue weighted by molar-refractivity contribution is 7.98. The number of piperazine rings is 1. The van der Waals surface area contributed by atoms with Crippen LogP contribution in [-0.4, -0.2) is 53.3 Å². The van der Waals surface area contributed by atoms with E-state index in [-0.39, 0.29) is 18.3 Å². The number of ether oxygens (including phenoxy) is 2. The zero-order chi connectivity index (χ0) is 30.0. The third-order valence-electron chi connectivity index (χ3n) is 7.96. The summed E-state index contributed by atoms with van der Waals surface area (Å²) in [4.78, 5) is 36.3. The van der Waals surface area contributed by atoms with Gasteiger partial charge >= 0.3 is 0 Å². The van der Waals surface area contributed by atoms with Gasteiger partial charge in [-0.25, -0.2) is 4.98 Å². The molecule has 3 heterocycles. The maximum absolute atomic E-state index is 13.9. The van der Waals surface area contributed by atoms with Crippen LogP contribution in [0, 0.1) is 0 Å². The summed E-state index contributed by atoms with van der Waals surface area (Å²) in [5.41, 5.74) is 4.03. The predicted octanol–water partition coefficient (Wildman–Crippen LogP) is 6.08. The molecule has 0 atom stereocenters. The van der Waals surface area contributed by atoms with Crippen LogP contribution < -0.4 is 19.9 Å². The topological polar surface area (TPSA) is 76.9 Å². The molecule has 10 heteroatoms. The number of amides is 1. The number of carbonyl (C=O) groups excluding carboxylic acids is 1. The highest BCUT2D eigenvalue weighted by atomic mass is 35.5. The number of fused-ring (bicyclic) bond motifs is 2. The van der Waals surface area contributed by atoms with Crippen LogP contribution in [0.5, 0.6) is 11.5 Å². The molecule has 44 heavy (non-hydrogen) atoms. The van der Waals surface area contributed by atoms with E-state index in [1.54, 1.807) is 16.7 Å². The maximum Gasteiger partial charge on any atom is 0.262 e. The third-order valence-corrected chi connectivity index (χ3v) is 9.35. The number of hydrogen-bond acceptors (Lipinski definition) is 7. The van der Waals surface area contributed by atoms with E-state index in [0.29, 0.717) is 63.5 Å². The number of rotatable bonds is 7. The lowest BCUT2D eigenvalue weighted by molar-refractivity contribution is 0.0746. The lowest BCUT2D eigenvalue weighted by Gasteiger charge is -2.36. The van der Waals surface area contributed by atoms with Crippen molar-refractivity contribution in [1.29, 1.82) is 0 Å². The Balaban J connectivity index is 1.12. The summed E-state index contributed by atoms with van der Waals surface area (Å²) in [6.07, 6.45) is 0. The summed E-state index contributed by atoms with van der Waals surface area (Å²) < 4.78 is 12.7. The summed E-state index contributed by atoms with van der Waals surface area (Å²) in [6, 6.07) is 28.9. The second-order valence-electron chi connectivity index (χ2n) is 10.7. The standard InChI is InChI=1S/C34H29ClN4O4S/c35-28-9-5-4-6-25(28)21-44-34-36-29-19-31-30(42-22-43-31)18-27(29)33(41)39(34)20-23-10-12-24(13-11-23)32(40)38-16-14-37(15-17-38)26-7-2-1-3-8-26/h1-13,18-19H,14-17,20-22H2. The molecule has 1 fully saturated rings. The van der Waals surface area contributed by atoms with Crippen LogP contribution in [0.2, 0.25) is 5.02 Å². The second-order valence-corrected chi connectivity index (χ2v) is 12.0. The van der Waals surface area contributed by atoms with E-state index in [9.17, 15) is 9.59 Å². The Morgan fingerprint density at radius 3 is 2.32 bits per heavy atom. The smallest absolute Gasteiger partial charge is 0.262 e. The van der Waals surface area contributed by atoms with Crippen molar-refractivity contribution in [3.63, 3.8) is 0 Å². The minimum Gasteiger partial charge on any atom is -0.454 e. The molecule has 0 saturated carbocycles. The Labute approximate surface area is 263 Å². The number of halogens is 1. The van der Waals surface area contributed by atoms with Gasteiger partial charge in [0.15, 0.2) is 16.7 Å². The molecule has 8 nitrogen and oxygen atoms in total. The lowest BCUT2D eigenvalue weighted by atomic mass is 10.1. The van der Waals surface area contributed by atoms with E-state index in [4.69, 9.17) is 26.1 Å². The highest BCUT2D eigenvalue weighted by Crippen LogP contribution is 2.35. The molecule has 1 amide bonds. The van der Waals surface area contributed by atoms with Crippen molar-refractivity contribution in [2.24, 2.45) is 0 Å². The molecule has 0 spiro atoms. The van der Waals surface area contributed by atoms with Gasteiger partial charge < -0.3 is 19.3 Å². The Morgan fingerprint density at radius 1 is 0.864 bits per heavy atom. The molecule has 1 saturated heterocycles. The zero-order valence-electron chi connectivity index (χ0n) is 23.8. The van der Waals surface area contributed by atoms with Gasteiger partial charge in [-0.05, 0) is 47.5 Å². The number of para-hydroxylation sites is 1. The first-order valence-electron chi connectivity index (χ1n) is 14.4. The fourth-order valence-electron chi connectivity index (χ4n) is 5.52. The Bertz CT molecular complexity index is 1890. The molecule has 2 aliphatic rings. The first-order valence-corrected chi connectivity index (χ1v) is 15.8. The molecule has 5 aromatic rings. The molecule has 7 rings (SSSR count). The van der Waals surface area contributed by atoms with Crippen LogP contribution in [0.3, 0.4) is 0 Å². The van der Waals surface area contributed by atoms with Crippen molar-refractivity contribution in [3.05, 3.63) is 123 Å². The number of anilines is 1. The number of carbonyl (C=O) groups is 1. The zero-order valence-corrected chi connectivity index (χ0v) is 25.4. The van der Waals surface area contributed by atoms with Crippen LogP contribution in [0.25, 0.3) is 10.9 Å².